The van der Waals surface area contributed by atoms with Crippen LogP contribution in [0, 0.1) is 6.92 Å². The zero-order valence-electron chi connectivity index (χ0n) is 12.4. The Morgan fingerprint density at radius 1 is 1.45 bits per heavy atom. The van der Waals surface area contributed by atoms with Gasteiger partial charge in [-0.3, -0.25) is 14.0 Å². The molecule has 3 heterocycles. The van der Waals surface area contributed by atoms with Crippen molar-refractivity contribution in [3.8, 4) is 0 Å². The molecular weight excluding hydrogens is 280 g/mol. The van der Waals surface area contributed by atoms with Crippen molar-refractivity contribution in [1.29, 1.82) is 0 Å². The Morgan fingerprint density at radius 3 is 3.09 bits per heavy atom. The molecule has 2 aromatic heterocycles. The molecule has 1 aliphatic heterocycles. The molecule has 2 N–H and O–H groups in total. The summed E-state index contributed by atoms with van der Waals surface area (Å²) in [6.07, 6.45) is 6.02. The molecule has 0 bridgehead atoms. The number of hydrogen-bond donors (Lipinski definition) is 2. The maximum Gasteiger partial charge on any atom is 0.270 e. The molecule has 2 aromatic rings. The largest absolute Gasteiger partial charge is 0.348 e. The number of aromatic nitrogens is 2. The molecule has 0 atom stereocenters. The number of carbonyl (C=O) groups is 1. The summed E-state index contributed by atoms with van der Waals surface area (Å²) in [5, 5.41) is 6.02. The van der Waals surface area contributed by atoms with Crippen molar-refractivity contribution < 1.29 is 4.79 Å². The second-order valence-corrected chi connectivity index (χ2v) is 5.41. The lowest BCUT2D eigenvalue weighted by atomic mass is 10.1. The highest BCUT2D eigenvalue weighted by molar-refractivity contribution is 5.93. The second-order valence-electron chi connectivity index (χ2n) is 5.41. The van der Waals surface area contributed by atoms with E-state index in [1.807, 2.05) is 13.0 Å². The van der Waals surface area contributed by atoms with E-state index >= 15 is 0 Å². The van der Waals surface area contributed by atoms with Gasteiger partial charge in [0, 0.05) is 25.5 Å². The molecule has 0 radical (unpaired) electrons. The number of fused-ring (bicyclic) bond motifs is 1. The molecule has 6 heteroatoms. The Labute approximate surface area is 127 Å². The third-order valence-corrected chi connectivity index (χ3v) is 3.73. The summed E-state index contributed by atoms with van der Waals surface area (Å²) in [5.41, 5.74) is 2.38. The summed E-state index contributed by atoms with van der Waals surface area (Å²) in [5.74, 6) is -0.382. The van der Waals surface area contributed by atoms with Crippen molar-refractivity contribution in [3.63, 3.8) is 0 Å². The van der Waals surface area contributed by atoms with Crippen LogP contribution in [0.3, 0.4) is 0 Å². The second kappa shape index (κ2) is 6.11. The van der Waals surface area contributed by atoms with Gasteiger partial charge in [-0.05, 0) is 31.5 Å². The Bertz CT molecular complexity index is 807. The molecule has 0 saturated carbocycles. The molecule has 0 spiro atoms. The molecule has 0 fully saturated rings. The van der Waals surface area contributed by atoms with Gasteiger partial charge in [-0.15, -0.1) is 0 Å². The Morgan fingerprint density at radius 2 is 2.32 bits per heavy atom. The van der Waals surface area contributed by atoms with Crippen molar-refractivity contribution >= 4 is 11.6 Å². The van der Waals surface area contributed by atoms with E-state index < -0.39 is 0 Å². The van der Waals surface area contributed by atoms with Crippen molar-refractivity contribution in [2.24, 2.45) is 0 Å². The number of hydrogen-bond acceptors (Lipinski definition) is 4. The fraction of sp³-hybridized carbons (Fsp3) is 0.312. The molecule has 3 rings (SSSR count). The fourth-order valence-electron chi connectivity index (χ4n) is 2.46. The Kier molecular flexibility index (Phi) is 4.02. The van der Waals surface area contributed by atoms with Crippen LogP contribution < -0.4 is 16.2 Å². The number of nitrogens with one attached hydrogen (secondary N) is 2. The molecule has 0 saturated heterocycles. The first-order valence-corrected chi connectivity index (χ1v) is 7.30. The van der Waals surface area contributed by atoms with Gasteiger partial charge < -0.3 is 10.6 Å². The number of nitrogens with zero attached hydrogens (tertiary/aromatic N) is 2. The van der Waals surface area contributed by atoms with Crippen LogP contribution in [0.4, 0.5) is 0 Å². The summed E-state index contributed by atoms with van der Waals surface area (Å²) in [4.78, 5) is 28.8. The van der Waals surface area contributed by atoms with Gasteiger partial charge in [0.25, 0.3) is 11.5 Å². The zero-order valence-corrected chi connectivity index (χ0v) is 12.4. The summed E-state index contributed by atoms with van der Waals surface area (Å²) >= 11 is 0. The van der Waals surface area contributed by atoms with Crippen LogP contribution in [-0.2, 0) is 0 Å². The van der Waals surface area contributed by atoms with Gasteiger partial charge in [-0.2, -0.15) is 0 Å². The van der Waals surface area contributed by atoms with Crippen molar-refractivity contribution in [1.82, 2.24) is 20.0 Å². The van der Waals surface area contributed by atoms with Gasteiger partial charge >= 0.3 is 0 Å². The van der Waals surface area contributed by atoms with Crippen LogP contribution in [0.2, 0.25) is 0 Å². The lowest BCUT2D eigenvalue weighted by molar-refractivity contribution is 0.0954. The number of aryl methyl sites for hydroxylation is 1. The molecule has 0 aromatic carbocycles. The topological polar surface area (TPSA) is 75.5 Å². The standard InChI is InChI=1S/C16H18N4O2/c1-11-2-3-14-18-9-13(16(22)20(14)10-11)15(21)19-8-12-4-6-17-7-5-12/h2-4,9-10,17H,5-8H2,1H3,(H,19,21). The zero-order chi connectivity index (χ0) is 15.5. The Hall–Kier alpha value is -2.47. The van der Waals surface area contributed by atoms with Crippen LogP contribution in [0.15, 0.2) is 41.0 Å². The minimum absolute atomic E-state index is 0.0673. The van der Waals surface area contributed by atoms with E-state index in [4.69, 9.17) is 0 Å². The minimum Gasteiger partial charge on any atom is -0.348 e. The summed E-state index contributed by atoms with van der Waals surface area (Å²) in [7, 11) is 0. The van der Waals surface area contributed by atoms with Gasteiger partial charge in [0.05, 0.1) is 0 Å². The molecule has 22 heavy (non-hydrogen) atoms. The molecule has 0 unspecified atom stereocenters. The number of pyridine rings is 1. The van der Waals surface area contributed by atoms with Crippen molar-refractivity contribution in [2.75, 3.05) is 19.6 Å². The average molecular weight is 298 g/mol. The molecule has 0 aliphatic carbocycles. The van der Waals surface area contributed by atoms with Crippen molar-refractivity contribution in [2.45, 2.75) is 13.3 Å². The SMILES string of the molecule is Cc1ccc2ncc(C(=O)NCC3=CCNCC3)c(=O)n2c1. The van der Waals surface area contributed by atoms with Gasteiger partial charge in [0.15, 0.2) is 0 Å². The van der Waals surface area contributed by atoms with E-state index in [0.29, 0.717) is 12.2 Å². The highest BCUT2D eigenvalue weighted by Crippen LogP contribution is 2.04. The van der Waals surface area contributed by atoms with Gasteiger partial charge in [-0.1, -0.05) is 17.7 Å². The molecule has 1 amide bonds. The number of rotatable bonds is 3. The maximum absolute atomic E-state index is 12.4. The Balaban J connectivity index is 1.83. The van der Waals surface area contributed by atoms with Crippen LogP contribution >= 0.6 is 0 Å². The highest BCUT2D eigenvalue weighted by Gasteiger charge is 2.14. The number of carbonyl (C=O) groups excluding carboxylic acids is 1. The van der Waals surface area contributed by atoms with E-state index in [1.165, 1.54) is 16.2 Å². The van der Waals surface area contributed by atoms with Crippen LogP contribution in [0.1, 0.15) is 22.3 Å². The average Bonchev–Trinajstić information content (AvgIpc) is 2.54. The highest BCUT2D eigenvalue weighted by atomic mass is 16.2. The predicted octanol–water partition coefficient (Wildman–Crippen LogP) is 0.652. The van der Waals surface area contributed by atoms with E-state index in [9.17, 15) is 9.59 Å². The van der Waals surface area contributed by atoms with Crippen LogP contribution in [0.25, 0.3) is 5.65 Å². The van der Waals surface area contributed by atoms with E-state index in [1.54, 1.807) is 12.3 Å². The van der Waals surface area contributed by atoms with Gasteiger partial charge in [-0.25, -0.2) is 4.98 Å². The lowest BCUT2D eigenvalue weighted by Crippen LogP contribution is -2.34. The normalized spacial score (nSPS) is 14.7. The van der Waals surface area contributed by atoms with Crippen LogP contribution in [0.5, 0.6) is 0 Å². The molecular formula is C16H18N4O2. The first-order chi connectivity index (χ1) is 10.6. The summed E-state index contributed by atoms with van der Waals surface area (Å²) in [6, 6.07) is 3.64. The maximum atomic E-state index is 12.4. The van der Waals surface area contributed by atoms with E-state index in [-0.39, 0.29) is 17.0 Å². The summed E-state index contributed by atoms with van der Waals surface area (Å²) in [6.45, 7) is 4.10. The monoisotopic (exact) mass is 298 g/mol. The minimum atomic E-state index is -0.382. The fourth-order valence-corrected chi connectivity index (χ4v) is 2.46. The third-order valence-electron chi connectivity index (χ3n) is 3.73. The van der Waals surface area contributed by atoms with Crippen molar-refractivity contribution in [3.05, 3.63) is 57.7 Å². The molecule has 1 aliphatic rings. The molecule has 6 nitrogen and oxygen atoms in total. The van der Waals surface area contributed by atoms with E-state index in [2.05, 4.69) is 21.7 Å². The van der Waals surface area contributed by atoms with Gasteiger partial charge in [0.1, 0.15) is 11.2 Å². The third kappa shape index (κ3) is 2.92. The quantitative estimate of drug-likeness (QED) is 0.816. The summed E-state index contributed by atoms with van der Waals surface area (Å²) < 4.78 is 1.41. The first-order valence-electron chi connectivity index (χ1n) is 7.30. The van der Waals surface area contributed by atoms with Gasteiger partial charge in [0.2, 0.25) is 0 Å². The van der Waals surface area contributed by atoms with E-state index in [0.717, 1.165) is 25.1 Å². The smallest absolute Gasteiger partial charge is 0.270 e. The van der Waals surface area contributed by atoms with Crippen LogP contribution in [-0.4, -0.2) is 34.9 Å². The predicted molar refractivity (Wildman–Crippen MR) is 84.1 cm³/mol. The number of amides is 1. The lowest BCUT2D eigenvalue weighted by Gasteiger charge is -2.14. The molecule has 114 valence electrons. The first kappa shape index (κ1) is 14.5.